The minimum atomic E-state index is -0.0610. The van der Waals surface area contributed by atoms with Gasteiger partial charge in [-0.1, -0.05) is 29.5 Å². The smallest absolute Gasteiger partial charge is 0.217 e. The van der Waals surface area contributed by atoms with Crippen LogP contribution in [0, 0.1) is 0 Å². The number of thiazole rings is 1. The second kappa shape index (κ2) is 7.20. The number of nitrogens with zero attached hydrogens (tertiary/aromatic N) is 4. The van der Waals surface area contributed by atoms with E-state index in [2.05, 4.69) is 21.7 Å². The highest BCUT2D eigenvalue weighted by Crippen LogP contribution is 2.35. The van der Waals surface area contributed by atoms with Crippen molar-refractivity contribution < 1.29 is 4.79 Å². The van der Waals surface area contributed by atoms with E-state index in [1.54, 1.807) is 17.7 Å². The molecule has 1 amide bonds. The van der Waals surface area contributed by atoms with Gasteiger partial charge in [0.25, 0.3) is 0 Å². The minimum Gasteiger partial charge on any atom is -0.368 e. The molecule has 1 atom stereocenters. The van der Waals surface area contributed by atoms with E-state index in [4.69, 9.17) is 9.97 Å². The summed E-state index contributed by atoms with van der Waals surface area (Å²) in [4.78, 5) is 26.4. The van der Waals surface area contributed by atoms with Gasteiger partial charge in [0.15, 0.2) is 5.82 Å². The number of nitrogens with one attached hydrogen (secondary N) is 2. The fraction of sp³-hybridized carbons (Fsp3) is 0.300. The van der Waals surface area contributed by atoms with E-state index in [0.717, 1.165) is 49.9 Å². The summed E-state index contributed by atoms with van der Waals surface area (Å²) in [7, 11) is 1.97. The van der Waals surface area contributed by atoms with Gasteiger partial charge in [-0.05, 0) is 25.5 Å². The van der Waals surface area contributed by atoms with Crippen molar-refractivity contribution >= 4 is 44.4 Å². The van der Waals surface area contributed by atoms with E-state index >= 15 is 0 Å². The number of hydrogen-bond acceptors (Lipinski definition) is 6. The molecule has 0 bridgehead atoms. The first-order chi connectivity index (χ1) is 13.5. The minimum absolute atomic E-state index is 0.0448. The van der Waals surface area contributed by atoms with Crippen LogP contribution in [0.2, 0.25) is 0 Å². The SMILES string of the molecule is CCNc1nc2sc(-c3cccc(C(C)NC(C)=O)c3)nc2c2c1ncn2C. The van der Waals surface area contributed by atoms with Gasteiger partial charge in [0.1, 0.15) is 26.4 Å². The summed E-state index contributed by atoms with van der Waals surface area (Å²) >= 11 is 1.56. The van der Waals surface area contributed by atoms with Crippen LogP contribution in [0.15, 0.2) is 30.6 Å². The number of aromatic nitrogens is 4. The first kappa shape index (κ1) is 18.4. The lowest BCUT2D eigenvalue weighted by atomic mass is 10.1. The van der Waals surface area contributed by atoms with E-state index in [1.165, 1.54) is 6.92 Å². The van der Waals surface area contributed by atoms with Gasteiger partial charge in [-0.25, -0.2) is 15.0 Å². The number of anilines is 1. The van der Waals surface area contributed by atoms with Crippen LogP contribution in [0.3, 0.4) is 0 Å². The Bertz CT molecular complexity index is 1180. The molecular weight excluding hydrogens is 372 g/mol. The molecule has 0 saturated carbocycles. The average Bonchev–Trinajstić information content (AvgIpc) is 3.25. The van der Waals surface area contributed by atoms with Gasteiger partial charge in [-0.15, -0.1) is 0 Å². The Balaban J connectivity index is 1.83. The summed E-state index contributed by atoms with van der Waals surface area (Å²) in [5.41, 5.74) is 4.72. The molecule has 0 radical (unpaired) electrons. The topological polar surface area (TPSA) is 84.7 Å². The van der Waals surface area contributed by atoms with Crippen molar-refractivity contribution in [2.45, 2.75) is 26.8 Å². The molecule has 1 unspecified atom stereocenters. The van der Waals surface area contributed by atoms with Gasteiger partial charge in [-0.3, -0.25) is 4.79 Å². The predicted molar refractivity (Wildman–Crippen MR) is 114 cm³/mol. The average molecular weight is 395 g/mol. The summed E-state index contributed by atoms with van der Waals surface area (Å²) < 4.78 is 1.99. The Kier molecular flexibility index (Phi) is 4.72. The summed E-state index contributed by atoms with van der Waals surface area (Å²) in [5.74, 6) is 0.741. The molecule has 144 valence electrons. The van der Waals surface area contributed by atoms with Crippen molar-refractivity contribution in [2.75, 3.05) is 11.9 Å². The van der Waals surface area contributed by atoms with E-state index in [0.29, 0.717) is 0 Å². The van der Waals surface area contributed by atoms with Crippen molar-refractivity contribution in [3.63, 3.8) is 0 Å². The number of fused-ring (bicyclic) bond motifs is 3. The van der Waals surface area contributed by atoms with Gasteiger partial charge in [0.05, 0.1) is 12.4 Å². The van der Waals surface area contributed by atoms with E-state index in [-0.39, 0.29) is 11.9 Å². The number of imidazole rings is 1. The third kappa shape index (κ3) is 3.20. The molecule has 0 saturated heterocycles. The second-order valence-electron chi connectivity index (χ2n) is 6.76. The van der Waals surface area contributed by atoms with Crippen LogP contribution < -0.4 is 10.6 Å². The highest BCUT2D eigenvalue weighted by molar-refractivity contribution is 7.21. The van der Waals surface area contributed by atoms with Gasteiger partial charge in [-0.2, -0.15) is 0 Å². The standard InChI is InChI=1S/C20H22N6OS/c1-5-21-18-15-17(26(4)10-22-15)16-20(25-18)28-19(24-16)14-8-6-7-13(9-14)11(2)23-12(3)27/h6-11H,5H2,1-4H3,(H,21,25)(H,23,27). The zero-order valence-corrected chi connectivity index (χ0v) is 17.1. The highest BCUT2D eigenvalue weighted by Gasteiger charge is 2.18. The van der Waals surface area contributed by atoms with Crippen molar-refractivity contribution in [1.29, 1.82) is 0 Å². The van der Waals surface area contributed by atoms with Crippen LogP contribution in [0.4, 0.5) is 5.82 Å². The van der Waals surface area contributed by atoms with Gasteiger partial charge in [0, 0.05) is 26.1 Å². The van der Waals surface area contributed by atoms with Crippen LogP contribution >= 0.6 is 11.3 Å². The molecule has 4 rings (SSSR count). The quantitative estimate of drug-likeness (QED) is 0.537. The Hall–Kier alpha value is -3.00. The molecule has 3 aromatic heterocycles. The predicted octanol–water partition coefficient (Wildman–Crippen LogP) is 3.87. The van der Waals surface area contributed by atoms with Gasteiger partial charge in [0.2, 0.25) is 5.91 Å². The summed E-state index contributed by atoms with van der Waals surface area (Å²) in [6.45, 7) is 6.32. The van der Waals surface area contributed by atoms with Gasteiger partial charge >= 0.3 is 0 Å². The van der Waals surface area contributed by atoms with Crippen molar-refractivity contribution in [2.24, 2.45) is 7.05 Å². The zero-order valence-electron chi connectivity index (χ0n) is 16.3. The Morgan fingerprint density at radius 3 is 2.86 bits per heavy atom. The lowest BCUT2D eigenvalue weighted by Gasteiger charge is -2.13. The van der Waals surface area contributed by atoms with Crippen LogP contribution in [0.25, 0.3) is 32.0 Å². The molecule has 7 nitrogen and oxygen atoms in total. The number of amides is 1. The van der Waals surface area contributed by atoms with E-state index < -0.39 is 0 Å². The van der Waals surface area contributed by atoms with Crippen LogP contribution in [-0.2, 0) is 11.8 Å². The molecule has 0 aliphatic carbocycles. The Labute approximate surface area is 166 Å². The van der Waals surface area contributed by atoms with E-state index in [1.807, 2.05) is 43.7 Å². The fourth-order valence-electron chi connectivity index (χ4n) is 3.32. The zero-order chi connectivity index (χ0) is 19.8. The number of carbonyl (C=O) groups excluding carboxylic acids is 1. The lowest BCUT2D eigenvalue weighted by molar-refractivity contribution is -0.119. The third-order valence-corrected chi connectivity index (χ3v) is 5.60. The van der Waals surface area contributed by atoms with Crippen molar-refractivity contribution in [1.82, 2.24) is 24.8 Å². The summed E-state index contributed by atoms with van der Waals surface area (Å²) in [5, 5.41) is 7.12. The van der Waals surface area contributed by atoms with Gasteiger partial charge < -0.3 is 15.2 Å². The third-order valence-electron chi connectivity index (χ3n) is 4.61. The lowest BCUT2D eigenvalue weighted by Crippen LogP contribution is -2.23. The number of aryl methyl sites for hydroxylation is 1. The van der Waals surface area contributed by atoms with Crippen LogP contribution in [0.5, 0.6) is 0 Å². The molecule has 0 aliphatic rings. The molecule has 8 heteroatoms. The number of hydrogen-bond donors (Lipinski definition) is 2. The van der Waals surface area contributed by atoms with Crippen molar-refractivity contribution in [3.05, 3.63) is 36.2 Å². The molecule has 1 aromatic carbocycles. The molecule has 3 heterocycles. The Morgan fingerprint density at radius 1 is 1.29 bits per heavy atom. The molecule has 0 spiro atoms. The molecule has 2 N–H and O–H groups in total. The van der Waals surface area contributed by atoms with E-state index in [9.17, 15) is 4.79 Å². The molecule has 0 fully saturated rings. The van der Waals surface area contributed by atoms with Crippen molar-refractivity contribution in [3.8, 4) is 10.6 Å². The highest BCUT2D eigenvalue weighted by atomic mass is 32.1. The van der Waals surface area contributed by atoms with Crippen LogP contribution in [-0.4, -0.2) is 32.0 Å². The summed E-state index contributed by atoms with van der Waals surface area (Å²) in [6, 6.07) is 8.05. The Morgan fingerprint density at radius 2 is 2.11 bits per heavy atom. The number of carbonyl (C=O) groups is 1. The largest absolute Gasteiger partial charge is 0.368 e. The first-order valence-electron chi connectivity index (χ1n) is 9.20. The monoisotopic (exact) mass is 394 g/mol. The number of pyridine rings is 1. The molecule has 4 aromatic rings. The molecule has 28 heavy (non-hydrogen) atoms. The number of rotatable bonds is 5. The first-order valence-corrected chi connectivity index (χ1v) is 10.0. The number of benzene rings is 1. The molecule has 0 aliphatic heterocycles. The van der Waals surface area contributed by atoms with Crippen LogP contribution in [0.1, 0.15) is 32.4 Å². The normalized spacial score (nSPS) is 12.4. The maximum Gasteiger partial charge on any atom is 0.217 e. The maximum absolute atomic E-state index is 11.4. The molecular formula is C20H22N6OS. The summed E-state index contributed by atoms with van der Waals surface area (Å²) in [6.07, 6.45) is 1.79. The maximum atomic E-state index is 11.4. The fourth-order valence-corrected chi connectivity index (χ4v) is 4.26. The second-order valence-corrected chi connectivity index (χ2v) is 7.74.